The van der Waals surface area contributed by atoms with E-state index in [4.69, 9.17) is 16.6 Å². The van der Waals surface area contributed by atoms with Crippen LogP contribution in [0.2, 0.25) is 5.02 Å². The van der Waals surface area contributed by atoms with Crippen LogP contribution in [0.3, 0.4) is 0 Å². The highest BCUT2D eigenvalue weighted by atomic mass is 35.5. The van der Waals surface area contributed by atoms with Crippen molar-refractivity contribution < 1.29 is 9.59 Å². The molecule has 6 nitrogen and oxygen atoms in total. The Balaban J connectivity index is 1.29. The second kappa shape index (κ2) is 10.6. The van der Waals surface area contributed by atoms with Gasteiger partial charge in [-0.25, -0.2) is 4.98 Å². The molecule has 1 saturated heterocycles. The van der Waals surface area contributed by atoms with Crippen molar-refractivity contribution in [3.63, 3.8) is 0 Å². The number of carbonyl (C=O) groups excluding carboxylic acids is 2. The number of amides is 2. The first kappa shape index (κ1) is 22.3. The number of carbonyl (C=O) groups is 2. The number of benzene rings is 2. The van der Waals surface area contributed by atoms with Gasteiger partial charge < -0.3 is 14.8 Å². The van der Waals surface area contributed by atoms with Crippen molar-refractivity contribution in [2.45, 2.75) is 45.1 Å². The molecule has 1 aliphatic heterocycles. The van der Waals surface area contributed by atoms with Gasteiger partial charge in [0.05, 0.1) is 11.0 Å². The first-order valence-electron chi connectivity index (χ1n) is 11.4. The fourth-order valence-corrected chi connectivity index (χ4v) is 4.40. The monoisotopic (exact) mass is 452 g/mol. The molecular weight excluding hydrogens is 424 g/mol. The molecule has 0 aliphatic carbocycles. The number of nitrogens with zero attached hydrogens (tertiary/aromatic N) is 3. The number of rotatable bonds is 9. The summed E-state index contributed by atoms with van der Waals surface area (Å²) >= 11 is 5.95. The highest BCUT2D eigenvalue weighted by molar-refractivity contribution is 6.30. The number of unbranched alkanes of at least 4 members (excludes halogenated alkanes) is 2. The first-order chi connectivity index (χ1) is 15.6. The van der Waals surface area contributed by atoms with E-state index in [-0.39, 0.29) is 11.8 Å². The summed E-state index contributed by atoms with van der Waals surface area (Å²) < 4.78 is 2.08. The number of nitrogens with one attached hydrogen (secondary N) is 1. The molecule has 32 heavy (non-hydrogen) atoms. The Morgan fingerprint density at radius 2 is 1.81 bits per heavy atom. The SMILES string of the molecule is O=C(NCCCCCc1nc2ccccc2n1CC(=O)N1CCCC1)c1cccc(Cl)c1. The summed E-state index contributed by atoms with van der Waals surface area (Å²) in [6.45, 7) is 2.70. The number of aryl methyl sites for hydroxylation is 1. The summed E-state index contributed by atoms with van der Waals surface area (Å²) in [7, 11) is 0. The van der Waals surface area contributed by atoms with E-state index in [9.17, 15) is 9.59 Å². The molecule has 0 spiro atoms. The fourth-order valence-electron chi connectivity index (χ4n) is 4.21. The number of likely N-dealkylation sites (tertiary alicyclic amines) is 1. The Kier molecular flexibility index (Phi) is 7.43. The lowest BCUT2D eigenvalue weighted by Crippen LogP contribution is -2.31. The maximum Gasteiger partial charge on any atom is 0.251 e. The molecule has 7 heteroatoms. The lowest BCUT2D eigenvalue weighted by atomic mass is 10.1. The molecule has 0 radical (unpaired) electrons. The van der Waals surface area contributed by atoms with Gasteiger partial charge in [0.25, 0.3) is 5.91 Å². The van der Waals surface area contributed by atoms with Crippen LogP contribution in [-0.2, 0) is 17.8 Å². The van der Waals surface area contributed by atoms with E-state index in [0.29, 0.717) is 23.7 Å². The largest absolute Gasteiger partial charge is 0.352 e. The maximum absolute atomic E-state index is 12.8. The van der Waals surface area contributed by atoms with Gasteiger partial charge in [-0.15, -0.1) is 0 Å². The number of hydrogen-bond donors (Lipinski definition) is 1. The smallest absolute Gasteiger partial charge is 0.251 e. The minimum Gasteiger partial charge on any atom is -0.352 e. The van der Waals surface area contributed by atoms with Crippen LogP contribution in [0.5, 0.6) is 0 Å². The molecule has 168 valence electrons. The molecule has 2 heterocycles. The zero-order chi connectivity index (χ0) is 22.3. The van der Waals surface area contributed by atoms with Crippen molar-refractivity contribution in [3.05, 3.63) is 64.9 Å². The predicted molar refractivity (Wildman–Crippen MR) is 127 cm³/mol. The zero-order valence-corrected chi connectivity index (χ0v) is 19.0. The van der Waals surface area contributed by atoms with E-state index < -0.39 is 0 Å². The first-order valence-corrected chi connectivity index (χ1v) is 11.8. The lowest BCUT2D eigenvalue weighted by molar-refractivity contribution is -0.130. The third-order valence-corrected chi connectivity index (χ3v) is 6.17. The summed E-state index contributed by atoms with van der Waals surface area (Å²) in [5, 5.41) is 3.51. The Morgan fingerprint density at radius 1 is 1.00 bits per heavy atom. The minimum atomic E-state index is -0.102. The van der Waals surface area contributed by atoms with Gasteiger partial charge >= 0.3 is 0 Å². The van der Waals surface area contributed by atoms with Crippen LogP contribution >= 0.6 is 11.6 Å². The summed E-state index contributed by atoms with van der Waals surface area (Å²) in [5.41, 5.74) is 2.53. The molecule has 0 atom stereocenters. The average molecular weight is 453 g/mol. The summed E-state index contributed by atoms with van der Waals surface area (Å²) in [6, 6.07) is 15.0. The standard InChI is InChI=1S/C25H29ClN4O2/c26-20-10-8-9-19(17-20)25(32)27-14-5-1-2-13-23-28-21-11-3-4-12-22(21)30(23)18-24(31)29-15-6-7-16-29/h3-4,8-12,17H,1-2,5-7,13-16,18H2,(H,27,32). The lowest BCUT2D eigenvalue weighted by Gasteiger charge is -2.17. The molecular formula is C25H29ClN4O2. The quantitative estimate of drug-likeness (QED) is 0.487. The molecule has 1 aromatic heterocycles. The maximum atomic E-state index is 12.8. The van der Waals surface area contributed by atoms with E-state index in [2.05, 4.69) is 9.88 Å². The molecule has 0 unspecified atom stereocenters. The van der Waals surface area contributed by atoms with Crippen LogP contribution in [0, 0.1) is 0 Å². The number of aromatic nitrogens is 2. The highest BCUT2D eigenvalue weighted by Gasteiger charge is 2.20. The second-order valence-electron chi connectivity index (χ2n) is 8.27. The van der Waals surface area contributed by atoms with Crippen molar-refractivity contribution in [1.29, 1.82) is 0 Å². The summed E-state index contributed by atoms with van der Waals surface area (Å²) in [4.78, 5) is 31.7. The molecule has 2 amide bonds. The van der Waals surface area contributed by atoms with Crippen LogP contribution in [0.15, 0.2) is 48.5 Å². The van der Waals surface area contributed by atoms with Crippen LogP contribution in [0.4, 0.5) is 0 Å². The van der Waals surface area contributed by atoms with Crippen LogP contribution in [-0.4, -0.2) is 45.9 Å². The Bertz CT molecular complexity index is 1090. The third-order valence-electron chi connectivity index (χ3n) is 5.94. The van der Waals surface area contributed by atoms with Gasteiger partial charge in [0.2, 0.25) is 5.91 Å². The number of fused-ring (bicyclic) bond motifs is 1. The molecule has 0 saturated carbocycles. The second-order valence-corrected chi connectivity index (χ2v) is 8.70. The van der Waals surface area contributed by atoms with Crippen molar-refractivity contribution in [2.24, 2.45) is 0 Å². The number of imidazole rings is 1. The average Bonchev–Trinajstić information content (AvgIpc) is 3.45. The highest BCUT2D eigenvalue weighted by Crippen LogP contribution is 2.19. The number of para-hydroxylation sites is 2. The van der Waals surface area contributed by atoms with Crippen molar-refractivity contribution in [3.8, 4) is 0 Å². The van der Waals surface area contributed by atoms with E-state index >= 15 is 0 Å². The Hall–Kier alpha value is -2.86. The molecule has 4 rings (SSSR count). The van der Waals surface area contributed by atoms with Gasteiger partial charge in [-0.3, -0.25) is 9.59 Å². The van der Waals surface area contributed by atoms with E-state index in [1.54, 1.807) is 24.3 Å². The van der Waals surface area contributed by atoms with E-state index in [1.165, 1.54) is 0 Å². The van der Waals surface area contributed by atoms with E-state index in [0.717, 1.165) is 68.5 Å². The normalized spacial score (nSPS) is 13.6. The Morgan fingerprint density at radius 3 is 2.62 bits per heavy atom. The molecule has 2 aromatic carbocycles. The molecule has 1 aliphatic rings. The zero-order valence-electron chi connectivity index (χ0n) is 18.2. The van der Waals surface area contributed by atoms with Crippen LogP contribution in [0.25, 0.3) is 11.0 Å². The summed E-state index contributed by atoms with van der Waals surface area (Å²) in [5.74, 6) is 1.03. The predicted octanol–water partition coefficient (Wildman–Crippen LogP) is 4.45. The van der Waals surface area contributed by atoms with Gasteiger partial charge in [0.1, 0.15) is 12.4 Å². The molecule has 1 N–H and O–H groups in total. The molecule has 0 bridgehead atoms. The van der Waals surface area contributed by atoms with Crippen molar-refractivity contribution >= 4 is 34.4 Å². The number of halogens is 1. The Labute approximate surface area is 193 Å². The van der Waals surface area contributed by atoms with Gasteiger partial charge in [-0.1, -0.05) is 36.2 Å². The van der Waals surface area contributed by atoms with Gasteiger partial charge in [0, 0.05) is 36.6 Å². The molecule has 3 aromatic rings. The van der Waals surface area contributed by atoms with E-state index in [1.807, 2.05) is 29.2 Å². The van der Waals surface area contributed by atoms with Crippen LogP contribution < -0.4 is 5.32 Å². The summed E-state index contributed by atoms with van der Waals surface area (Å²) in [6.07, 6.45) is 5.81. The van der Waals surface area contributed by atoms with Crippen molar-refractivity contribution in [1.82, 2.24) is 19.8 Å². The van der Waals surface area contributed by atoms with Crippen molar-refractivity contribution in [2.75, 3.05) is 19.6 Å². The van der Waals surface area contributed by atoms with Gasteiger partial charge in [-0.05, 0) is 56.0 Å². The fraction of sp³-hybridized carbons (Fsp3) is 0.400. The van der Waals surface area contributed by atoms with Gasteiger partial charge in [-0.2, -0.15) is 0 Å². The minimum absolute atomic E-state index is 0.102. The third kappa shape index (κ3) is 5.49. The number of hydrogen-bond acceptors (Lipinski definition) is 3. The van der Waals surface area contributed by atoms with Crippen LogP contribution in [0.1, 0.15) is 48.3 Å². The topological polar surface area (TPSA) is 67.2 Å². The van der Waals surface area contributed by atoms with Gasteiger partial charge in [0.15, 0.2) is 0 Å². The molecule has 1 fully saturated rings.